The third-order valence-electron chi connectivity index (χ3n) is 2.76. The van der Waals surface area contributed by atoms with Crippen molar-refractivity contribution in [2.45, 2.75) is 39.7 Å². The molecular weight excluding hydrogens is 378 g/mol. The largest absolute Gasteiger partial charge is 0.481 e. The van der Waals surface area contributed by atoms with Crippen molar-refractivity contribution in [3.8, 4) is 0 Å². The van der Waals surface area contributed by atoms with Crippen LogP contribution < -0.4 is 16.4 Å². The average Bonchev–Trinajstić information content (AvgIpc) is 2.49. The van der Waals surface area contributed by atoms with Crippen LogP contribution in [0.25, 0.3) is 0 Å². The smallest absolute Gasteiger partial charge is 0.319 e. The first-order chi connectivity index (χ1) is 11.1. The van der Waals surface area contributed by atoms with Crippen molar-refractivity contribution < 1.29 is 19.5 Å². The maximum Gasteiger partial charge on any atom is 0.319 e. The molecule has 24 heavy (non-hydrogen) atoms. The molecule has 1 unspecified atom stereocenters. The highest BCUT2D eigenvalue weighted by molar-refractivity contribution is 9.10. The molecule has 134 valence electrons. The molecule has 1 aromatic rings. The predicted octanol–water partition coefficient (Wildman–Crippen LogP) is 2.95. The number of carboxylic acid groups (broad SMARTS) is 1. The number of benzene rings is 1. The van der Waals surface area contributed by atoms with Gasteiger partial charge in [0.05, 0.1) is 0 Å². The molecule has 0 saturated carbocycles. The molecule has 0 heterocycles. The zero-order valence-corrected chi connectivity index (χ0v) is 15.6. The Morgan fingerprint density at radius 2 is 1.71 bits per heavy atom. The second-order valence-corrected chi connectivity index (χ2v) is 6.35. The number of aliphatic carboxylic acids is 1. The molecular formula is C16H24BrN3O4. The number of primary amides is 1. The fraction of sp³-hybridized carbons (Fsp3) is 0.438. The second kappa shape index (κ2) is 11.4. The number of hydrogen-bond acceptors (Lipinski definition) is 3. The van der Waals surface area contributed by atoms with Crippen molar-refractivity contribution in [1.82, 2.24) is 5.32 Å². The number of anilines is 1. The summed E-state index contributed by atoms with van der Waals surface area (Å²) in [6, 6.07) is 6.05. The van der Waals surface area contributed by atoms with Crippen molar-refractivity contribution in [3.05, 3.63) is 28.7 Å². The topological polar surface area (TPSA) is 122 Å². The highest BCUT2D eigenvalue weighted by atomic mass is 79.9. The summed E-state index contributed by atoms with van der Waals surface area (Å²) in [5, 5.41) is 12.9. The maximum atomic E-state index is 11.8. The van der Waals surface area contributed by atoms with Gasteiger partial charge in [-0.15, -0.1) is 0 Å². The van der Waals surface area contributed by atoms with Gasteiger partial charge >= 0.3 is 12.0 Å². The minimum Gasteiger partial charge on any atom is -0.481 e. The fourth-order valence-corrected chi connectivity index (χ4v) is 1.84. The number of amides is 3. The number of urea groups is 1. The number of carbonyl (C=O) groups excluding carboxylic acids is 2. The summed E-state index contributed by atoms with van der Waals surface area (Å²) in [5.41, 5.74) is 5.91. The minimum absolute atomic E-state index is 0.222. The molecule has 1 atom stereocenters. The summed E-state index contributed by atoms with van der Waals surface area (Å²) in [5.74, 6) is -1.00. The van der Waals surface area contributed by atoms with Crippen LogP contribution in [0.5, 0.6) is 0 Å². The zero-order chi connectivity index (χ0) is 18.7. The van der Waals surface area contributed by atoms with E-state index in [2.05, 4.69) is 26.6 Å². The van der Waals surface area contributed by atoms with Gasteiger partial charge in [-0.25, -0.2) is 4.79 Å². The lowest BCUT2D eigenvalue weighted by Gasteiger charge is -2.17. The SMILES string of the molecule is CC(C)CC(NC(=O)Nc1ccc(Br)cc1)C(N)=O.CCC(=O)O. The van der Waals surface area contributed by atoms with E-state index in [-0.39, 0.29) is 12.3 Å². The van der Waals surface area contributed by atoms with E-state index < -0.39 is 23.9 Å². The van der Waals surface area contributed by atoms with E-state index in [0.29, 0.717) is 12.1 Å². The lowest BCUT2D eigenvalue weighted by molar-refractivity contribution is -0.136. The Morgan fingerprint density at radius 1 is 1.21 bits per heavy atom. The van der Waals surface area contributed by atoms with Crippen LogP contribution in [0.4, 0.5) is 10.5 Å². The summed E-state index contributed by atoms with van der Waals surface area (Å²) < 4.78 is 0.924. The highest BCUT2D eigenvalue weighted by Gasteiger charge is 2.19. The predicted molar refractivity (Wildman–Crippen MR) is 96.7 cm³/mol. The first-order valence-corrected chi connectivity index (χ1v) is 8.29. The zero-order valence-electron chi connectivity index (χ0n) is 14.0. The Bertz CT molecular complexity index is 547. The number of carboxylic acids is 1. The Balaban J connectivity index is 0.000000922. The standard InChI is InChI=1S/C13H18BrN3O2.C3H6O2/c1-8(2)7-11(12(15)18)17-13(19)16-10-5-3-9(14)4-6-10;1-2-3(4)5/h3-6,8,11H,7H2,1-2H3,(H2,15,18)(H2,16,17,19);2H2,1H3,(H,4,5). The van der Waals surface area contributed by atoms with Gasteiger partial charge in [0.25, 0.3) is 0 Å². The monoisotopic (exact) mass is 401 g/mol. The van der Waals surface area contributed by atoms with Gasteiger partial charge in [0.1, 0.15) is 6.04 Å². The van der Waals surface area contributed by atoms with E-state index in [0.717, 1.165) is 4.47 Å². The van der Waals surface area contributed by atoms with E-state index >= 15 is 0 Å². The third kappa shape index (κ3) is 10.6. The second-order valence-electron chi connectivity index (χ2n) is 5.44. The Kier molecular flexibility index (Phi) is 10.4. The summed E-state index contributed by atoms with van der Waals surface area (Å²) in [7, 11) is 0. The van der Waals surface area contributed by atoms with Gasteiger partial charge in [-0.2, -0.15) is 0 Å². The lowest BCUT2D eigenvalue weighted by atomic mass is 10.0. The number of carbonyl (C=O) groups is 3. The van der Waals surface area contributed by atoms with Crippen LogP contribution in [0.2, 0.25) is 0 Å². The summed E-state index contributed by atoms with van der Waals surface area (Å²) in [6.07, 6.45) is 0.739. The van der Waals surface area contributed by atoms with E-state index in [9.17, 15) is 14.4 Å². The lowest BCUT2D eigenvalue weighted by Crippen LogP contribution is -2.46. The maximum absolute atomic E-state index is 11.8. The van der Waals surface area contributed by atoms with E-state index in [4.69, 9.17) is 10.8 Å². The number of hydrogen-bond donors (Lipinski definition) is 4. The first-order valence-electron chi connectivity index (χ1n) is 7.49. The van der Waals surface area contributed by atoms with Crippen molar-refractivity contribution in [2.75, 3.05) is 5.32 Å². The van der Waals surface area contributed by atoms with Crippen LogP contribution in [0.3, 0.4) is 0 Å². The van der Waals surface area contributed by atoms with Crippen LogP contribution in [0, 0.1) is 5.92 Å². The summed E-state index contributed by atoms with van der Waals surface area (Å²) in [4.78, 5) is 32.4. The van der Waals surface area contributed by atoms with E-state index in [1.54, 1.807) is 19.1 Å². The van der Waals surface area contributed by atoms with Gasteiger partial charge < -0.3 is 21.5 Å². The molecule has 1 rings (SSSR count). The van der Waals surface area contributed by atoms with Crippen molar-refractivity contribution >= 4 is 39.5 Å². The van der Waals surface area contributed by atoms with Gasteiger partial charge in [-0.05, 0) is 36.6 Å². The number of nitrogens with one attached hydrogen (secondary N) is 2. The van der Waals surface area contributed by atoms with Gasteiger partial charge in [0, 0.05) is 16.6 Å². The molecule has 0 aliphatic heterocycles. The molecule has 0 spiro atoms. The summed E-state index contributed by atoms with van der Waals surface area (Å²) in [6.45, 7) is 5.52. The highest BCUT2D eigenvalue weighted by Crippen LogP contribution is 2.14. The number of nitrogens with two attached hydrogens (primary N) is 1. The fourth-order valence-electron chi connectivity index (χ4n) is 1.58. The average molecular weight is 402 g/mol. The molecule has 0 aliphatic rings. The van der Waals surface area contributed by atoms with Crippen LogP contribution in [-0.2, 0) is 9.59 Å². The van der Waals surface area contributed by atoms with E-state index in [1.165, 1.54) is 0 Å². The molecule has 1 aromatic carbocycles. The molecule has 7 nitrogen and oxygen atoms in total. The quantitative estimate of drug-likeness (QED) is 0.584. The summed E-state index contributed by atoms with van der Waals surface area (Å²) >= 11 is 3.31. The van der Waals surface area contributed by atoms with Crippen molar-refractivity contribution in [2.24, 2.45) is 11.7 Å². The number of rotatable bonds is 6. The molecule has 8 heteroatoms. The normalized spacial score (nSPS) is 11.0. The van der Waals surface area contributed by atoms with E-state index in [1.807, 2.05) is 26.0 Å². The molecule has 5 N–H and O–H groups in total. The van der Waals surface area contributed by atoms with Crippen molar-refractivity contribution in [1.29, 1.82) is 0 Å². The molecule has 0 aromatic heterocycles. The molecule has 0 fully saturated rings. The molecule has 0 bridgehead atoms. The minimum atomic E-state index is -0.745. The van der Waals surface area contributed by atoms with Crippen molar-refractivity contribution in [3.63, 3.8) is 0 Å². The Morgan fingerprint density at radius 3 is 2.08 bits per heavy atom. The van der Waals surface area contributed by atoms with Crippen LogP contribution in [-0.4, -0.2) is 29.1 Å². The molecule has 3 amide bonds. The van der Waals surface area contributed by atoms with Crippen LogP contribution in [0.1, 0.15) is 33.6 Å². The van der Waals surface area contributed by atoms with Gasteiger partial charge in [0.2, 0.25) is 5.91 Å². The third-order valence-corrected chi connectivity index (χ3v) is 3.29. The van der Waals surface area contributed by atoms with Crippen LogP contribution in [0.15, 0.2) is 28.7 Å². The van der Waals surface area contributed by atoms with Gasteiger partial charge in [-0.3, -0.25) is 9.59 Å². The first kappa shape index (κ1) is 21.9. The molecule has 0 aliphatic carbocycles. The van der Waals surface area contributed by atoms with Gasteiger partial charge in [0.15, 0.2) is 0 Å². The van der Waals surface area contributed by atoms with Crippen LogP contribution >= 0.6 is 15.9 Å². The molecule has 0 saturated heterocycles. The Hall–Kier alpha value is -2.09. The Labute approximate surface area is 150 Å². The molecule has 0 radical (unpaired) electrons. The van der Waals surface area contributed by atoms with Gasteiger partial charge in [-0.1, -0.05) is 36.7 Å². The number of halogens is 1.